The molecule has 3 rings (SSSR count). The van der Waals surface area contributed by atoms with Crippen molar-refractivity contribution in [1.29, 1.82) is 0 Å². The Balaban J connectivity index is 1.33. The third-order valence-electron chi connectivity index (χ3n) is 5.41. The van der Waals surface area contributed by atoms with Crippen LogP contribution in [0, 0.1) is 5.92 Å². The highest BCUT2D eigenvalue weighted by molar-refractivity contribution is 5.80. The van der Waals surface area contributed by atoms with Crippen molar-refractivity contribution in [2.75, 3.05) is 20.2 Å². The van der Waals surface area contributed by atoms with E-state index in [-0.39, 0.29) is 0 Å². The van der Waals surface area contributed by atoms with Gasteiger partial charge in [-0.3, -0.25) is 4.99 Å². The van der Waals surface area contributed by atoms with E-state index in [2.05, 4.69) is 22.5 Å². The number of guanidine groups is 1. The summed E-state index contributed by atoms with van der Waals surface area (Å²) in [4.78, 5) is 4.32. The van der Waals surface area contributed by atoms with E-state index in [0.29, 0.717) is 30.3 Å². The van der Waals surface area contributed by atoms with Gasteiger partial charge in [-0.2, -0.15) is 0 Å². The zero-order valence-corrected chi connectivity index (χ0v) is 14.0. The molecule has 5 atom stereocenters. The van der Waals surface area contributed by atoms with Gasteiger partial charge in [-0.15, -0.1) is 0 Å². The molecule has 1 aliphatic carbocycles. The topological polar surface area (TPSA) is 54.9 Å². The summed E-state index contributed by atoms with van der Waals surface area (Å²) >= 11 is 0. The van der Waals surface area contributed by atoms with Crippen LogP contribution < -0.4 is 10.6 Å². The molecular weight excluding hydrogens is 278 g/mol. The van der Waals surface area contributed by atoms with Crippen LogP contribution >= 0.6 is 0 Å². The van der Waals surface area contributed by atoms with Gasteiger partial charge in [-0.05, 0) is 38.0 Å². The molecule has 0 aromatic rings. The second kappa shape index (κ2) is 7.64. The molecule has 2 bridgehead atoms. The third kappa shape index (κ3) is 3.93. The smallest absolute Gasteiger partial charge is 0.191 e. The summed E-state index contributed by atoms with van der Waals surface area (Å²) in [7, 11) is 1.83. The highest BCUT2D eigenvalue weighted by atomic mass is 16.5. The Morgan fingerprint density at radius 1 is 1.23 bits per heavy atom. The molecular formula is C17H31N3O2. The van der Waals surface area contributed by atoms with E-state index in [4.69, 9.17) is 9.47 Å². The fourth-order valence-corrected chi connectivity index (χ4v) is 4.07. The molecule has 126 valence electrons. The molecule has 2 aliphatic heterocycles. The van der Waals surface area contributed by atoms with Crippen LogP contribution in [0.1, 0.15) is 51.9 Å². The minimum Gasteiger partial charge on any atom is -0.376 e. The lowest BCUT2D eigenvalue weighted by molar-refractivity contribution is -0.00205. The molecule has 0 spiro atoms. The van der Waals surface area contributed by atoms with Crippen molar-refractivity contribution in [3.05, 3.63) is 0 Å². The molecule has 0 aromatic carbocycles. The van der Waals surface area contributed by atoms with Gasteiger partial charge in [0.25, 0.3) is 0 Å². The fourth-order valence-electron chi connectivity index (χ4n) is 4.07. The van der Waals surface area contributed by atoms with Crippen LogP contribution in [0.2, 0.25) is 0 Å². The summed E-state index contributed by atoms with van der Waals surface area (Å²) in [6.07, 6.45) is 10.0. The summed E-state index contributed by atoms with van der Waals surface area (Å²) in [6, 6.07) is 0.421. The predicted molar refractivity (Wildman–Crippen MR) is 88.2 cm³/mol. The van der Waals surface area contributed by atoms with Crippen LogP contribution in [-0.2, 0) is 9.47 Å². The number of rotatable bonds is 5. The Bertz CT molecular complexity index is 388. The van der Waals surface area contributed by atoms with Crippen LogP contribution in [0.4, 0.5) is 0 Å². The second-order valence-electron chi connectivity index (χ2n) is 7.03. The minimum atomic E-state index is 0.378. The normalized spacial score (nSPS) is 38.3. The Labute approximate surface area is 134 Å². The van der Waals surface area contributed by atoms with Crippen LogP contribution in [0.5, 0.6) is 0 Å². The molecule has 2 N–H and O–H groups in total. The first-order valence-electron chi connectivity index (χ1n) is 9.00. The quantitative estimate of drug-likeness (QED) is 0.464. The summed E-state index contributed by atoms with van der Waals surface area (Å²) in [5, 5.41) is 6.87. The lowest BCUT2D eigenvalue weighted by Gasteiger charge is -2.29. The average molecular weight is 309 g/mol. The van der Waals surface area contributed by atoms with Crippen LogP contribution in [-0.4, -0.2) is 50.5 Å². The molecule has 5 nitrogen and oxygen atoms in total. The van der Waals surface area contributed by atoms with Gasteiger partial charge >= 0.3 is 0 Å². The second-order valence-corrected chi connectivity index (χ2v) is 7.03. The van der Waals surface area contributed by atoms with Gasteiger partial charge in [-0.1, -0.05) is 19.8 Å². The van der Waals surface area contributed by atoms with Crippen molar-refractivity contribution in [1.82, 2.24) is 10.6 Å². The molecule has 0 radical (unpaired) electrons. The van der Waals surface area contributed by atoms with Gasteiger partial charge in [0.05, 0.1) is 31.0 Å². The molecule has 2 heterocycles. The van der Waals surface area contributed by atoms with E-state index in [1.54, 1.807) is 0 Å². The molecule has 0 amide bonds. The number of nitrogens with one attached hydrogen (secondary N) is 2. The largest absolute Gasteiger partial charge is 0.376 e. The molecule has 5 heteroatoms. The van der Waals surface area contributed by atoms with E-state index in [9.17, 15) is 0 Å². The van der Waals surface area contributed by atoms with Gasteiger partial charge in [0.1, 0.15) is 0 Å². The number of hydrogen-bond acceptors (Lipinski definition) is 3. The van der Waals surface area contributed by atoms with Gasteiger partial charge < -0.3 is 20.1 Å². The maximum absolute atomic E-state index is 6.04. The van der Waals surface area contributed by atoms with Crippen molar-refractivity contribution < 1.29 is 9.47 Å². The van der Waals surface area contributed by atoms with E-state index in [1.165, 1.54) is 38.5 Å². The van der Waals surface area contributed by atoms with Gasteiger partial charge in [0.15, 0.2) is 5.96 Å². The summed E-state index contributed by atoms with van der Waals surface area (Å²) in [6.45, 7) is 3.88. The Hall–Kier alpha value is -0.810. The molecule has 0 aromatic heterocycles. The number of aliphatic imine (C=N–C) groups is 1. The van der Waals surface area contributed by atoms with Crippen molar-refractivity contribution in [3.63, 3.8) is 0 Å². The average Bonchev–Trinajstić information content (AvgIpc) is 3.14. The van der Waals surface area contributed by atoms with Crippen LogP contribution in [0.25, 0.3) is 0 Å². The Morgan fingerprint density at radius 2 is 2.09 bits per heavy atom. The van der Waals surface area contributed by atoms with E-state index in [1.807, 2.05) is 7.05 Å². The summed E-state index contributed by atoms with van der Waals surface area (Å²) < 4.78 is 11.9. The third-order valence-corrected chi connectivity index (χ3v) is 5.41. The maximum atomic E-state index is 6.04. The van der Waals surface area contributed by atoms with Gasteiger partial charge in [0.2, 0.25) is 0 Å². The van der Waals surface area contributed by atoms with Crippen molar-refractivity contribution in [3.8, 4) is 0 Å². The first-order chi connectivity index (χ1) is 10.8. The highest BCUT2D eigenvalue weighted by Crippen LogP contribution is 2.34. The zero-order chi connectivity index (χ0) is 15.4. The lowest BCUT2D eigenvalue weighted by Crippen LogP contribution is -2.48. The Kier molecular flexibility index (Phi) is 5.58. The minimum absolute atomic E-state index is 0.378. The molecule has 5 unspecified atom stereocenters. The molecule has 1 saturated carbocycles. The predicted octanol–water partition coefficient (Wildman–Crippen LogP) is 2.07. The van der Waals surface area contributed by atoms with Crippen molar-refractivity contribution >= 4 is 5.96 Å². The Morgan fingerprint density at radius 3 is 2.77 bits per heavy atom. The summed E-state index contributed by atoms with van der Waals surface area (Å²) in [5.74, 6) is 1.58. The van der Waals surface area contributed by atoms with Crippen molar-refractivity contribution in [2.24, 2.45) is 10.9 Å². The van der Waals surface area contributed by atoms with Crippen molar-refractivity contribution in [2.45, 2.75) is 76.2 Å². The zero-order valence-electron chi connectivity index (χ0n) is 14.0. The van der Waals surface area contributed by atoms with Gasteiger partial charge in [-0.25, -0.2) is 0 Å². The summed E-state index contributed by atoms with van der Waals surface area (Å²) in [5.41, 5.74) is 0. The number of nitrogens with zero attached hydrogens (tertiary/aromatic N) is 1. The molecule has 3 fully saturated rings. The van der Waals surface area contributed by atoms with Crippen LogP contribution in [0.3, 0.4) is 0 Å². The first kappa shape index (κ1) is 16.1. The highest BCUT2D eigenvalue weighted by Gasteiger charge is 2.41. The van der Waals surface area contributed by atoms with E-state index >= 15 is 0 Å². The van der Waals surface area contributed by atoms with E-state index in [0.717, 1.165) is 25.5 Å². The first-order valence-corrected chi connectivity index (χ1v) is 9.00. The molecule has 2 saturated heterocycles. The molecule has 22 heavy (non-hydrogen) atoms. The van der Waals surface area contributed by atoms with E-state index < -0.39 is 0 Å². The molecule has 3 aliphatic rings. The fraction of sp³-hybridized carbons (Fsp3) is 0.941. The number of hydrogen-bond donors (Lipinski definition) is 2. The maximum Gasteiger partial charge on any atom is 0.191 e. The van der Waals surface area contributed by atoms with Crippen LogP contribution in [0.15, 0.2) is 4.99 Å². The number of ether oxygens (including phenoxy) is 2. The SMILES string of the molecule is CN=C(NCCOC1CCCCC1C)NC1CC2CCC1O2. The standard InChI is InChI=1S/C17H31N3O2/c1-12-5-3-4-6-15(12)21-10-9-19-17(18-2)20-14-11-13-7-8-16(14)22-13/h12-16H,3-11H2,1-2H3,(H2,18,19,20). The number of fused-ring (bicyclic) bond motifs is 2. The lowest BCUT2D eigenvalue weighted by atomic mass is 9.88. The van der Waals surface area contributed by atoms with Gasteiger partial charge in [0, 0.05) is 13.6 Å². The monoisotopic (exact) mass is 309 g/mol.